The predicted octanol–water partition coefficient (Wildman–Crippen LogP) is -0.303. The van der Waals surface area contributed by atoms with E-state index in [1.54, 1.807) is 0 Å². The molecular formula is C9H21N3O. The first-order valence-electron chi connectivity index (χ1n) is 4.84. The molecule has 0 saturated carbocycles. The maximum Gasteiger partial charge on any atom is 0.233 e. The van der Waals surface area contributed by atoms with Crippen LogP contribution in [-0.4, -0.2) is 32.1 Å². The van der Waals surface area contributed by atoms with E-state index in [9.17, 15) is 4.79 Å². The smallest absolute Gasteiger partial charge is 0.233 e. The van der Waals surface area contributed by atoms with E-state index in [-0.39, 0.29) is 5.91 Å². The molecule has 0 aromatic carbocycles. The number of hydrogen-bond donors (Lipinski definition) is 3. The molecule has 0 saturated heterocycles. The molecule has 4 nitrogen and oxygen atoms in total. The molecule has 0 unspecified atom stereocenters. The van der Waals surface area contributed by atoms with Crippen molar-refractivity contribution in [3.8, 4) is 0 Å². The Hall–Kier alpha value is -0.610. The summed E-state index contributed by atoms with van der Waals surface area (Å²) in [5, 5.41) is 5.84. The number of carbonyl (C=O) groups excluding carboxylic acids is 1. The Labute approximate surface area is 80.3 Å². The highest BCUT2D eigenvalue weighted by Crippen LogP contribution is 1.86. The summed E-state index contributed by atoms with van der Waals surface area (Å²) in [4.78, 5) is 11.1. The number of hydrogen-bond acceptors (Lipinski definition) is 3. The second-order valence-electron chi connectivity index (χ2n) is 3.52. The van der Waals surface area contributed by atoms with Crippen molar-refractivity contribution in [2.24, 2.45) is 11.7 Å². The predicted molar refractivity (Wildman–Crippen MR) is 54.4 cm³/mol. The molecule has 0 aliphatic heterocycles. The molecule has 0 atom stereocenters. The van der Waals surface area contributed by atoms with Gasteiger partial charge in [0.2, 0.25) is 5.91 Å². The van der Waals surface area contributed by atoms with Gasteiger partial charge in [-0.05, 0) is 25.4 Å². The maximum atomic E-state index is 11.1. The minimum absolute atomic E-state index is 0.0609. The summed E-state index contributed by atoms with van der Waals surface area (Å²) in [7, 11) is 0. The topological polar surface area (TPSA) is 67.2 Å². The van der Waals surface area contributed by atoms with Crippen molar-refractivity contribution in [1.29, 1.82) is 0 Å². The molecule has 0 radical (unpaired) electrons. The molecule has 4 heteroatoms. The molecule has 0 spiro atoms. The zero-order chi connectivity index (χ0) is 10.1. The molecule has 78 valence electrons. The number of carbonyl (C=O) groups is 1. The minimum Gasteiger partial charge on any atom is -0.355 e. The van der Waals surface area contributed by atoms with Crippen LogP contribution in [0, 0.1) is 5.92 Å². The molecule has 0 aromatic rings. The third kappa shape index (κ3) is 9.30. The Morgan fingerprint density at radius 1 is 1.46 bits per heavy atom. The number of nitrogens with one attached hydrogen (secondary N) is 2. The van der Waals surface area contributed by atoms with Crippen LogP contribution >= 0.6 is 0 Å². The molecule has 0 aliphatic rings. The Morgan fingerprint density at radius 2 is 2.15 bits per heavy atom. The van der Waals surface area contributed by atoms with Gasteiger partial charge < -0.3 is 16.4 Å². The molecule has 1 amide bonds. The normalized spacial score (nSPS) is 10.5. The Morgan fingerprint density at radius 3 is 2.69 bits per heavy atom. The highest BCUT2D eigenvalue weighted by atomic mass is 16.1. The van der Waals surface area contributed by atoms with Gasteiger partial charge in [-0.2, -0.15) is 0 Å². The largest absolute Gasteiger partial charge is 0.355 e. The van der Waals surface area contributed by atoms with Crippen molar-refractivity contribution in [1.82, 2.24) is 10.6 Å². The fourth-order valence-electron chi connectivity index (χ4n) is 0.809. The zero-order valence-corrected chi connectivity index (χ0v) is 8.60. The minimum atomic E-state index is 0.0609. The van der Waals surface area contributed by atoms with Gasteiger partial charge >= 0.3 is 0 Å². The monoisotopic (exact) mass is 187 g/mol. The highest BCUT2D eigenvalue weighted by Gasteiger charge is 2.00. The van der Waals surface area contributed by atoms with Gasteiger partial charge in [-0.15, -0.1) is 0 Å². The average Bonchev–Trinajstić information content (AvgIpc) is 2.09. The van der Waals surface area contributed by atoms with Crippen molar-refractivity contribution in [3.05, 3.63) is 0 Å². The summed E-state index contributed by atoms with van der Waals surface area (Å²) in [5.41, 5.74) is 5.30. The SMILES string of the molecule is CC(C)CNC(=O)CNCCCN. The van der Waals surface area contributed by atoms with Crippen LogP contribution in [0.1, 0.15) is 20.3 Å². The van der Waals surface area contributed by atoms with Crippen molar-refractivity contribution in [2.45, 2.75) is 20.3 Å². The van der Waals surface area contributed by atoms with Gasteiger partial charge in [-0.3, -0.25) is 4.79 Å². The molecule has 0 heterocycles. The third-order valence-electron chi connectivity index (χ3n) is 1.55. The van der Waals surface area contributed by atoms with Gasteiger partial charge in [0.25, 0.3) is 0 Å². The fourth-order valence-corrected chi connectivity index (χ4v) is 0.809. The summed E-state index contributed by atoms with van der Waals surface area (Å²) < 4.78 is 0. The van der Waals surface area contributed by atoms with E-state index >= 15 is 0 Å². The van der Waals surface area contributed by atoms with Crippen molar-refractivity contribution >= 4 is 5.91 Å². The lowest BCUT2D eigenvalue weighted by Gasteiger charge is -2.07. The molecule has 0 bridgehead atoms. The Kier molecular flexibility index (Phi) is 7.63. The summed E-state index contributed by atoms with van der Waals surface area (Å²) in [6, 6.07) is 0. The first-order valence-corrected chi connectivity index (χ1v) is 4.84. The van der Waals surface area contributed by atoms with E-state index in [2.05, 4.69) is 24.5 Å². The number of amides is 1. The zero-order valence-electron chi connectivity index (χ0n) is 8.60. The third-order valence-corrected chi connectivity index (χ3v) is 1.55. The Balaban J connectivity index is 3.20. The van der Waals surface area contributed by atoms with Crippen LogP contribution in [-0.2, 0) is 4.79 Å². The lowest BCUT2D eigenvalue weighted by atomic mass is 10.2. The van der Waals surface area contributed by atoms with E-state index in [4.69, 9.17) is 5.73 Å². The molecule has 13 heavy (non-hydrogen) atoms. The molecule has 0 rings (SSSR count). The van der Waals surface area contributed by atoms with Gasteiger partial charge in [0, 0.05) is 6.54 Å². The van der Waals surface area contributed by atoms with Gasteiger partial charge in [0.05, 0.1) is 6.54 Å². The first kappa shape index (κ1) is 12.4. The van der Waals surface area contributed by atoms with Crippen LogP contribution in [0.25, 0.3) is 0 Å². The van der Waals surface area contributed by atoms with Crippen LogP contribution in [0.2, 0.25) is 0 Å². The Bertz CT molecular complexity index is 137. The van der Waals surface area contributed by atoms with Crippen LogP contribution in [0.4, 0.5) is 0 Å². The summed E-state index contributed by atoms with van der Waals surface area (Å²) in [6.07, 6.45) is 0.914. The van der Waals surface area contributed by atoms with Gasteiger partial charge in [0.15, 0.2) is 0 Å². The standard InChI is InChI=1S/C9H21N3O/c1-8(2)6-12-9(13)7-11-5-3-4-10/h8,11H,3-7,10H2,1-2H3,(H,12,13). The van der Waals surface area contributed by atoms with E-state index in [0.29, 0.717) is 19.0 Å². The average molecular weight is 187 g/mol. The second kappa shape index (κ2) is 8.01. The number of nitrogens with two attached hydrogens (primary N) is 1. The van der Waals surface area contributed by atoms with E-state index in [0.717, 1.165) is 19.5 Å². The number of rotatable bonds is 7. The summed E-state index contributed by atoms with van der Waals surface area (Å²) >= 11 is 0. The van der Waals surface area contributed by atoms with Gasteiger partial charge in [-0.25, -0.2) is 0 Å². The van der Waals surface area contributed by atoms with Gasteiger partial charge in [-0.1, -0.05) is 13.8 Å². The summed E-state index contributed by atoms with van der Waals surface area (Å²) in [5.74, 6) is 0.568. The molecule has 0 aromatic heterocycles. The van der Waals surface area contributed by atoms with Crippen LogP contribution in [0.3, 0.4) is 0 Å². The van der Waals surface area contributed by atoms with Crippen molar-refractivity contribution in [3.63, 3.8) is 0 Å². The van der Waals surface area contributed by atoms with E-state index < -0.39 is 0 Å². The highest BCUT2D eigenvalue weighted by molar-refractivity contribution is 5.77. The van der Waals surface area contributed by atoms with Crippen LogP contribution in [0.5, 0.6) is 0 Å². The second-order valence-corrected chi connectivity index (χ2v) is 3.52. The first-order chi connectivity index (χ1) is 6.16. The van der Waals surface area contributed by atoms with Crippen molar-refractivity contribution < 1.29 is 4.79 Å². The molecule has 0 fully saturated rings. The van der Waals surface area contributed by atoms with E-state index in [1.807, 2.05) is 0 Å². The van der Waals surface area contributed by atoms with E-state index in [1.165, 1.54) is 0 Å². The summed E-state index contributed by atoms with van der Waals surface area (Å²) in [6.45, 7) is 6.76. The fraction of sp³-hybridized carbons (Fsp3) is 0.889. The maximum absolute atomic E-state index is 11.1. The quantitative estimate of drug-likeness (QED) is 0.479. The van der Waals surface area contributed by atoms with Gasteiger partial charge in [0.1, 0.15) is 0 Å². The van der Waals surface area contributed by atoms with Crippen LogP contribution in [0.15, 0.2) is 0 Å². The molecular weight excluding hydrogens is 166 g/mol. The molecule has 0 aliphatic carbocycles. The van der Waals surface area contributed by atoms with Crippen LogP contribution < -0.4 is 16.4 Å². The molecule has 4 N–H and O–H groups in total. The lowest BCUT2D eigenvalue weighted by molar-refractivity contribution is -0.120. The van der Waals surface area contributed by atoms with Crippen molar-refractivity contribution in [2.75, 3.05) is 26.2 Å². The lowest BCUT2D eigenvalue weighted by Crippen LogP contribution is -2.36.